The number of para-hydroxylation sites is 1. The van der Waals surface area contributed by atoms with Crippen molar-refractivity contribution in [3.63, 3.8) is 0 Å². The number of aryl methyl sites for hydroxylation is 5. The predicted octanol–water partition coefficient (Wildman–Crippen LogP) is 10.8. The summed E-state index contributed by atoms with van der Waals surface area (Å²) in [6.07, 6.45) is 10.0. The third kappa shape index (κ3) is 6.94. The van der Waals surface area contributed by atoms with E-state index in [2.05, 4.69) is 126 Å². The molecule has 0 bridgehead atoms. The molecule has 0 N–H and O–H groups in total. The van der Waals surface area contributed by atoms with Gasteiger partial charge >= 0.3 is 0 Å². The van der Waals surface area contributed by atoms with E-state index in [9.17, 15) is 0 Å². The van der Waals surface area contributed by atoms with Crippen LogP contribution >= 0.6 is 0 Å². The lowest BCUT2D eigenvalue weighted by Crippen LogP contribution is -2.38. The molecule has 0 spiro atoms. The van der Waals surface area contributed by atoms with Crippen LogP contribution in [0.1, 0.15) is 75.8 Å². The molecular formula is C43H49N3. The van der Waals surface area contributed by atoms with Gasteiger partial charge in [0.1, 0.15) is 0 Å². The number of nitrogens with zero attached hydrogens (tertiary/aromatic N) is 3. The molecule has 2 aromatic heterocycles. The highest BCUT2D eigenvalue weighted by molar-refractivity contribution is 5.64. The number of hydrogen-bond donors (Lipinski definition) is 0. The van der Waals surface area contributed by atoms with Crippen LogP contribution in [0.2, 0.25) is 0 Å². The van der Waals surface area contributed by atoms with Gasteiger partial charge in [-0.25, -0.2) is 0 Å². The van der Waals surface area contributed by atoms with Gasteiger partial charge in [0.25, 0.3) is 0 Å². The Morgan fingerprint density at radius 1 is 0.565 bits per heavy atom. The van der Waals surface area contributed by atoms with E-state index < -0.39 is 0 Å². The van der Waals surface area contributed by atoms with Crippen LogP contribution in [0.15, 0.2) is 85.2 Å². The summed E-state index contributed by atoms with van der Waals surface area (Å²) in [5.74, 6) is 0.701. The number of rotatable bonds is 8. The fourth-order valence-electron chi connectivity index (χ4n) is 7.34. The molecule has 1 aliphatic rings. The van der Waals surface area contributed by atoms with Crippen molar-refractivity contribution in [1.29, 1.82) is 0 Å². The van der Waals surface area contributed by atoms with Gasteiger partial charge in [0.05, 0.1) is 11.4 Å². The molecule has 3 aromatic carbocycles. The number of aromatic nitrogens is 2. The Hall–Kier alpha value is -4.24. The fourth-order valence-corrected chi connectivity index (χ4v) is 7.34. The van der Waals surface area contributed by atoms with E-state index in [1.54, 1.807) is 0 Å². The van der Waals surface area contributed by atoms with Crippen molar-refractivity contribution in [1.82, 2.24) is 9.97 Å². The number of hydrogen-bond acceptors (Lipinski definition) is 3. The lowest BCUT2D eigenvalue weighted by molar-refractivity contribution is 0.312. The number of anilines is 1. The summed E-state index contributed by atoms with van der Waals surface area (Å²) in [5, 5.41) is 0. The van der Waals surface area contributed by atoms with Gasteiger partial charge < -0.3 is 4.90 Å². The zero-order chi connectivity index (χ0) is 32.4. The first-order valence-electron chi connectivity index (χ1n) is 17.0. The van der Waals surface area contributed by atoms with Crippen LogP contribution < -0.4 is 4.90 Å². The van der Waals surface area contributed by atoms with E-state index in [-0.39, 0.29) is 0 Å². The molecule has 1 aliphatic carbocycles. The topological polar surface area (TPSA) is 29.0 Å². The van der Waals surface area contributed by atoms with Crippen molar-refractivity contribution in [2.45, 2.75) is 93.2 Å². The smallest absolute Gasteiger partial charge is 0.0705 e. The Morgan fingerprint density at radius 3 is 1.61 bits per heavy atom. The predicted molar refractivity (Wildman–Crippen MR) is 195 cm³/mol. The van der Waals surface area contributed by atoms with E-state index in [0.29, 0.717) is 12.0 Å². The second kappa shape index (κ2) is 13.6. The van der Waals surface area contributed by atoms with Crippen LogP contribution in [0.3, 0.4) is 0 Å². The molecule has 6 rings (SSSR count). The molecule has 236 valence electrons. The third-order valence-corrected chi connectivity index (χ3v) is 10.7. The molecule has 2 heterocycles. The standard InChI is InChI=1S/C43H49N3/c1-28-10-8-9-11-43(28)46(27-37-17-19-45-42(26-37)39-22-31(4)34(7)32(5)23-39)40-14-12-35(13-15-40)24-36-16-18-44-41(25-36)38-20-29(2)33(6)30(3)21-38/h8-11,16-23,25-26,35,40H,12-15,24,27H2,1-7H3. The van der Waals surface area contributed by atoms with Crippen molar-refractivity contribution >= 4 is 5.69 Å². The van der Waals surface area contributed by atoms with Crippen molar-refractivity contribution in [2.75, 3.05) is 4.90 Å². The SMILES string of the molecule is Cc1ccccc1N(Cc1ccnc(-c2cc(C)c(C)c(C)c2)c1)C1CCC(Cc2ccnc(-c3cc(C)c(C)c(C)c3)c2)CC1. The van der Waals surface area contributed by atoms with Crippen LogP contribution in [-0.4, -0.2) is 16.0 Å². The second-order valence-electron chi connectivity index (χ2n) is 13.9. The Labute approximate surface area is 276 Å². The molecule has 0 aliphatic heterocycles. The summed E-state index contributed by atoms with van der Waals surface area (Å²) in [5.41, 5.74) is 18.1. The summed E-state index contributed by atoms with van der Waals surface area (Å²) >= 11 is 0. The van der Waals surface area contributed by atoms with Crippen molar-refractivity contribution in [3.8, 4) is 22.5 Å². The highest BCUT2D eigenvalue weighted by Crippen LogP contribution is 2.35. The third-order valence-electron chi connectivity index (χ3n) is 10.7. The Balaban J connectivity index is 1.18. The first-order valence-corrected chi connectivity index (χ1v) is 17.0. The minimum Gasteiger partial charge on any atom is -0.364 e. The summed E-state index contributed by atoms with van der Waals surface area (Å²) in [4.78, 5) is 12.2. The summed E-state index contributed by atoms with van der Waals surface area (Å²) < 4.78 is 0. The summed E-state index contributed by atoms with van der Waals surface area (Å²) in [6.45, 7) is 16.4. The van der Waals surface area contributed by atoms with Crippen molar-refractivity contribution < 1.29 is 0 Å². The largest absolute Gasteiger partial charge is 0.364 e. The van der Waals surface area contributed by atoms with Gasteiger partial charge in [0, 0.05) is 41.8 Å². The molecule has 5 aromatic rings. The quantitative estimate of drug-likeness (QED) is 0.176. The lowest BCUT2D eigenvalue weighted by atomic mass is 9.81. The van der Waals surface area contributed by atoms with Crippen LogP contribution in [0.5, 0.6) is 0 Å². The van der Waals surface area contributed by atoms with Gasteiger partial charge in [-0.2, -0.15) is 0 Å². The Kier molecular flexibility index (Phi) is 9.40. The van der Waals surface area contributed by atoms with Crippen molar-refractivity contribution in [3.05, 3.63) is 135 Å². The molecule has 0 saturated heterocycles. The first kappa shape index (κ1) is 31.7. The number of pyridine rings is 2. The van der Waals surface area contributed by atoms with Gasteiger partial charge in [-0.05, 0) is 191 Å². The fraction of sp³-hybridized carbons (Fsp3) is 0.349. The Morgan fingerprint density at radius 2 is 1.07 bits per heavy atom. The summed E-state index contributed by atoms with van der Waals surface area (Å²) in [6, 6.07) is 27.6. The van der Waals surface area contributed by atoms with E-state index >= 15 is 0 Å². The Bertz CT molecular complexity index is 1800. The van der Waals surface area contributed by atoms with Crippen molar-refractivity contribution in [2.24, 2.45) is 5.92 Å². The van der Waals surface area contributed by atoms with Gasteiger partial charge in [-0.3, -0.25) is 9.97 Å². The van der Waals surface area contributed by atoms with Gasteiger partial charge in [0.2, 0.25) is 0 Å². The van der Waals surface area contributed by atoms with Crippen LogP contribution in [0.4, 0.5) is 5.69 Å². The van der Waals surface area contributed by atoms with Gasteiger partial charge in [0.15, 0.2) is 0 Å². The molecule has 0 unspecified atom stereocenters. The molecule has 0 amide bonds. The van der Waals surface area contributed by atoms with E-state index in [0.717, 1.165) is 24.4 Å². The minimum absolute atomic E-state index is 0.518. The normalized spacial score (nSPS) is 16.4. The molecule has 3 nitrogen and oxygen atoms in total. The molecule has 0 atom stereocenters. The zero-order valence-corrected chi connectivity index (χ0v) is 28.8. The maximum Gasteiger partial charge on any atom is 0.0705 e. The average Bonchev–Trinajstić information content (AvgIpc) is 3.05. The maximum absolute atomic E-state index is 4.80. The van der Waals surface area contributed by atoms with E-state index in [4.69, 9.17) is 9.97 Å². The number of benzene rings is 3. The van der Waals surface area contributed by atoms with Gasteiger partial charge in [-0.1, -0.05) is 18.2 Å². The van der Waals surface area contributed by atoms with Crippen LogP contribution in [-0.2, 0) is 13.0 Å². The van der Waals surface area contributed by atoms with Gasteiger partial charge in [-0.15, -0.1) is 0 Å². The molecule has 1 fully saturated rings. The molecule has 1 saturated carbocycles. The van der Waals surface area contributed by atoms with E-state index in [1.165, 1.54) is 92.6 Å². The zero-order valence-electron chi connectivity index (χ0n) is 28.8. The minimum atomic E-state index is 0.518. The molecular weight excluding hydrogens is 558 g/mol. The maximum atomic E-state index is 4.80. The average molecular weight is 608 g/mol. The lowest BCUT2D eigenvalue weighted by Gasteiger charge is -2.39. The van der Waals surface area contributed by atoms with E-state index in [1.807, 2.05) is 12.4 Å². The molecule has 0 radical (unpaired) electrons. The highest BCUT2D eigenvalue weighted by Gasteiger charge is 2.27. The summed E-state index contributed by atoms with van der Waals surface area (Å²) in [7, 11) is 0. The molecule has 3 heteroatoms. The first-order chi connectivity index (χ1) is 22.2. The van der Waals surface area contributed by atoms with Crippen LogP contribution in [0, 0.1) is 54.4 Å². The van der Waals surface area contributed by atoms with Crippen LogP contribution in [0.25, 0.3) is 22.5 Å². The highest BCUT2D eigenvalue weighted by atomic mass is 15.2. The monoisotopic (exact) mass is 607 g/mol. The molecule has 46 heavy (non-hydrogen) atoms. The second-order valence-corrected chi connectivity index (χ2v) is 13.9.